The summed E-state index contributed by atoms with van der Waals surface area (Å²) < 4.78 is 36.1. The first-order chi connectivity index (χ1) is 6.99. The lowest BCUT2D eigenvalue weighted by atomic mass is 10.4. The molecule has 0 aromatic carbocycles. The predicted octanol–water partition coefficient (Wildman–Crippen LogP) is 3.51. The summed E-state index contributed by atoms with van der Waals surface area (Å²) >= 11 is 3.19. The van der Waals surface area contributed by atoms with Crippen LogP contribution in [-0.4, -0.2) is 22.8 Å². The molecule has 1 aromatic rings. The molecule has 0 bridgehead atoms. The van der Waals surface area contributed by atoms with Gasteiger partial charge in [0.25, 0.3) is 0 Å². The number of anilines is 1. The molecule has 2 nitrogen and oxygen atoms in total. The fraction of sp³-hybridized carbons (Fsp3) is 0.375. The van der Waals surface area contributed by atoms with E-state index in [0.29, 0.717) is 5.82 Å². The first-order valence-corrected chi connectivity index (χ1v) is 5.82. The van der Waals surface area contributed by atoms with Crippen LogP contribution >= 0.6 is 27.7 Å². The van der Waals surface area contributed by atoms with E-state index < -0.39 is 5.51 Å². The van der Waals surface area contributed by atoms with Crippen molar-refractivity contribution in [2.75, 3.05) is 17.6 Å². The number of pyridine rings is 1. The molecule has 0 aliphatic carbocycles. The summed E-state index contributed by atoms with van der Waals surface area (Å²) in [5, 5.41) is 2.81. The van der Waals surface area contributed by atoms with E-state index in [4.69, 9.17) is 0 Å². The number of nitrogens with one attached hydrogen (secondary N) is 1. The van der Waals surface area contributed by atoms with E-state index >= 15 is 0 Å². The Morgan fingerprint density at radius 1 is 1.47 bits per heavy atom. The Balaban J connectivity index is 2.30. The highest BCUT2D eigenvalue weighted by Gasteiger charge is 2.27. The van der Waals surface area contributed by atoms with Gasteiger partial charge in [0.15, 0.2) is 0 Å². The quantitative estimate of drug-likeness (QED) is 0.862. The lowest BCUT2D eigenvalue weighted by Crippen LogP contribution is -2.10. The summed E-state index contributed by atoms with van der Waals surface area (Å²) in [6.45, 7) is 0.222. The highest BCUT2D eigenvalue weighted by molar-refractivity contribution is 9.10. The van der Waals surface area contributed by atoms with Gasteiger partial charge in [0.1, 0.15) is 5.82 Å². The van der Waals surface area contributed by atoms with Gasteiger partial charge in [0.05, 0.1) is 4.47 Å². The third-order valence-corrected chi connectivity index (χ3v) is 2.79. The second kappa shape index (κ2) is 5.60. The maximum Gasteiger partial charge on any atom is 0.441 e. The maximum absolute atomic E-state index is 11.8. The molecule has 0 aliphatic heterocycles. The Labute approximate surface area is 97.8 Å². The number of nitrogens with zero attached hydrogens (tertiary/aromatic N) is 1. The van der Waals surface area contributed by atoms with Gasteiger partial charge in [0.2, 0.25) is 0 Å². The third kappa shape index (κ3) is 5.27. The molecule has 15 heavy (non-hydrogen) atoms. The van der Waals surface area contributed by atoms with Crippen LogP contribution in [-0.2, 0) is 0 Å². The largest absolute Gasteiger partial charge is 0.441 e. The smallest absolute Gasteiger partial charge is 0.368 e. The Morgan fingerprint density at radius 3 is 2.80 bits per heavy atom. The zero-order chi connectivity index (χ0) is 11.3. The molecule has 0 saturated heterocycles. The number of aromatic nitrogens is 1. The standard InChI is InChI=1S/C8H8BrF3N2S/c9-6-2-1-3-13-7(6)14-4-5-15-8(10,11)12/h1-3H,4-5H2,(H,13,14). The van der Waals surface area contributed by atoms with Gasteiger partial charge in [-0.2, -0.15) is 13.2 Å². The minimum atomic E-state index is -4.16. The Kier molecular flexibility index (Phi) is 4.72. The molecular weight excluding hydrogens is 293 g/mol. The average Bonchev–Trinajstić information content (AvgIpc) is 2.13. The highest BCUT2D eigenvalue weighted by atomic mass is 79.9. The lowest BCUT2D eigenvalue weighted by Gasteiger charge is -2.08. The second-order valence-corrected chi connectivity index (χ2v) is 4.57. The van der Waals surface area contributed by atoms with Crippen LogP contribution in [0.5, 0.6) is 0 Å². The molecule has 0 spiro atoms. The van der Waals surface area contributed by atoms with E-state index in [1.54, 1.807) is 18.3 Å². The first-order valence-electron chi connectivity index (χ1n) is 4.04. The van der Waals surface area contributed by atoms with Crippen LogP contribution in [0.15, 0.2) is 22.8 Å². The van der Waals surface area contributed by atoms with Crippen LogP contribution < -0.4 is 5.32 Å². The van der Waals surface area contributed by atoms with Gasteiger partial charge < -0.3 is 5.32 Å². The molecule has 1 rings (SSSR count). The maximum atomic E-state index is 11.8. The molecule has 0 fully saturated rings. The minimum absolute atomic E-state index is 0.0352. The fourth-order valence-electron chi connectivity index (χ4n) is 0.852. The monoisotopic (exact) mass is 300 g/mol. The fourth-order valence-corrected chi connectivity index (χ4v) is 1.68. The van der Waals surface area contributed by atoms with Crippen molar-refractivity contribution in [1.29, 1.82) is 0 Å². The van der Waals surface area contributed by atoms with Crippen LogP contribution in [0.1, 0.15) is 0 Å². The molecule has 7 heteroatoms. The summed E-state index contributed by atoms with van der Waals surface area (Å²) in [6, 6.07) is 3.51. The summed E-state index contributed by atoms with van der Waals surface area (Å²) in [6.07, 6.45) is 1.57. The van der Waals surface area contributed by atoms with Gasteiger partial charge in [-0.1, -0.05) is 0 Å². The van der Waals surface area contributed by atoms with Crippen LogP contribution in [0, 0.1) is 0 Å². The Morgan fingerprint density at radius 2 is 2.20 bits per heavy atom. The SMILES string of the molecule is FC(F)(F)SCCNc1ncccc1Br. The molecule has 0 unspecified atom stereocenters. The van der Waals surface area contributed by atoms with Crippen molar-refractivity contribution in [2.45, 2.75) is 5.51 Å². The number of hydrogen-bond donors (Lipinski definition) is 1. The normalized spacial score (nSPS) is 11.5. The van der Waals surface area contributed by atoms with Gasteiger partial charge in [-0.25, -0.2) is 4.98 Å². The van der Waals surface area contributed by atoms with E-state index in [1.807, 2.05) is 0 Å². The van der Waals surface area contributed by atoms with Gasteiger partial charge in [-0.15, -0.1) is 0 Å². The Hall–Kier alpha value is -0.430. The van der Waals surface area contributed by atoms with E-state index in [1.165, 1.54) is 0 Å². The molecule has 1 N–H and O–H groups in total. The first kappa shape index (κ1) is 12.6. The van der Waals surface area contributed by atoms with Crippen molar-refractivity contribution < 1.29 is 13.2 Å². The molecular formula is C8H8BrF3N2S. The predicted molar refractivity (Wildman–Crippen MR) is 58.9 cm³/mol. The molecule has 0 saturated carbocycles. The zero-order valence-electron chi connectivity index (χ0n) is 7.51. The van der Waals surface area contributed by atoms with Gasteiger partial charge in [-0.3, -0.25) is 0 Å². The zero-order valence-corrected chi connectivity index (χ0v) is 9.92. The molecule has 0 atom stereocenters. The highest BCUT2D eigenvalue weighted by Crippen LogP contribution is 2.29. The van der Waals surface area contributed by atoms with Crippen LogP contribution in [0.2, 0.25) is 0 Å². The topological polar surface area (TPSA) is 24.9 Å². The van der Waals surface area contributed by atoms with Crippen molar-refractivity contribution in [3.8, 4) is 0 Å². The summed E-state index contributed by atoms with van der Waals surface area (Å²) in [7, 11) is 0. The average molecular weight is 301 g/mol. The van der Waals surface area contributed by atoms with Crippen molar-refractivity contribution >= 4 is 33.5 Å². The van der Waals surface area contributed by atoms with Gasteiger partial charge in [-0.05, 0) is 39.8 Å². The number of thioether (sulfide) groups is 1. The van der Waals surface area contributed by atoms with Crippen LogP contribution in [0.4, 0.5) is 19.0 Å². The van der Waals surface area contributed by atoms with Gasteiger partial charge >= 0.3 is 5.51 Å². The van der Waals surface area contributed by atoms with Crippen LogP contribution in [0.25, 0.3) is 0 Å². The number of alkyl halides is 3. The second-order valence-electron chi connectivity index (χ2n) is 2.55. The molecule has 0 aliphatic rings. The van der Waals surface area contributed by atoms with Crippen molar-refractivity contribution in [2.24, 2.45) is 0 Å². The number of rotatable bonds is 4. The van der Waals surface area contributed by atoms with E-state index in [2.05, 4.69) is 26.2 Å². The van der Waals surface area contributed by atoms with E-state index in [9.17, 15) is 13.2 Å². The third-order valence-electron chi connectivity index (χ3n) is 1.42. The number of halogens is 4. The molecule has 1 aromatic heterocycles. The summed E-state index contributed by atoms with van der Waals surface area (Å²) in [5.41, 5.74) is -4.16. The van der Waals surface area contributed by atoms with E-state index in [0.717, 1.165) is 4.47 Å². The lowest BCUT2D eigenvalue weighted by molar-refractivity contribution is -0.0327. The number of hydrogen-bond acceptors (Lipinski definition) is 3. The van der Waals surface area contributed by atoms with E-state index in [-0.39, 0.29) is 24.1 Å². The molecule has 84 valence electrons. The summed E-state index contributed by atoms with van der Waals surface area (Å²) in [4.78, 5) is 3.96. The van der Waals surface area contributed by atoms with Crippen molar-refractivity contribution in [1.82, 2.24) is 4.98 Å². The van der Waals surface area contributed by atoms with Gasteiger partial charge in [0, 0.05) is 18.5 Å². The van der Waals surface area contributed by atoms with Crippen LogP contribution in [0.3, 0.4) is 0 Å². The summed E-state index contributed by atoms with van der Waals surface area (Å²) in [5.74, 6) is 0.521. The van der Waals surface area contributed by atoms with Crippen molar-refractivity contribution in [3.63, 3.8) is 0 Å². The molecule has 0 radical (unpaired) electrons. The minimum Gasteiger partial charge on any atom is -0.368 e. The molecule has 1 heterocycles. The van der Waals surface area contributed by atoms with Crippen molar-refractivity contribution in [3.05, 3.63) is 22.8 Å². The molecule has 0 amide bonds. The Bertz CT molecular complexity index is 319.